The summed E-state index contributed by atoms with van der Waals surface area (Å²) in [6.07, 6.45) is 3.35. The summed E-state index contributed by atoms with van der Waals surface area (Å²) in [5.74, 6) is 0.133. The maximum Gasteiger partial charge on any atom is 0.258 e. The van der Waals surface area contributed by atoms with Gasteiger partial charge in [-0.2, -0.15) is 5.26 Å². The van der Waals surface area contributed by atoms with Crippen LogP contribution in [-0.2, 0) is 6.54 Å². The first kappa shape index (κ1) is 15.6. The molecule has 0 aliphatic carbocycles. The molecule has 3 rings (SSSR count). The van der Waals surface area contributed by atoms with Crippen LogP contribution in [0.5, 0.6) is 5.75 Å². The first-order chi connectivity index (χ1) is 11.7. The van der Waals surface area contributed by atoms with Crippen molar-refractivity contribution in [1.29, 1.82) is 5.26 Å². The minimum absolute atomic E-state index is 0.109. The predicted octanol–water partition coefficient (Wildman–Crippen LogP) is 3.09. The Bertz CT molecular complexity index is 898. The van der Waals surface area contributed by atoms with E-state index in [1.165, 1.54) is 17.2 Å². The van der Waals surface area contributed by atoms with Gasteiger partial charge in [-0.05, 0) is 30.3 Å². The molecule has 2 aromatic heterocycles. The van der Waals surface area contributed by atoms with Crippen LogP contribution in [0.15, 0.2) is 53.3 Å². The maximum absolute atomic E-state index is 12.8. The van der Waals surface area contributed by atoms with Crippen LogP contribution < -0.4 is 0 Å². The third kappa shape index (κ3) is 3.20. The zero-order valence-electron chi connectivity index (χ0n) is 12.8. The summed E-state index contributed by atoms with van der Waals surface area (Å²) in [6.45, 7) is 0.475. The molecule has 0 saturated carbocycles. The van der Waals surface area contributed by atoms with Crippen LogP contribution in [0.3, 0.4) is 0 Å². The molecule has 6 heteroatoms. The summed E-state index contributed by atoms with van der Waals surface area (Å²) in [5, 5.41) is 19.8. The second kappa shape index (κ2) is 6.84. The van der Waals surface area contributed by atoms with Crippen molar-refractivity contribution >= 4 is 16.8 Å². The van der Waals surface area contributed by atoms with Crippen molar-refractivity contribution in [2.24, 2.45) is 0 Å². The molecule has 0 spiro atoms. The molecule has 0 atom stereocenters. The number of nitriles is 1. The zero-order valence-corrected chi connectivity index (χ0v) is 12.8. The van der Waals surface area contributed by atoms with E-state index in [2.05, 4.69) is 4.98 Å². The number of hydrogen-bond acceptors (Lipinski definition) is 5. The molecule has 1 aromatic carbocycles. The Morgan fingerprint density at radius 1 is 1.33 bits per heavy atom. The number of hydrogen-bond donors (Lipinski definition) is 1. The number of carbonyl (C=O) groups excluding carboxylic acids is 1. The first-order valence-electron chi connectivity index (χ1n) is 7.45. The number of amides is 1. The lowest BCUT2D eigenvalue weighted by Gasteiger charge is -2.21. The third-order valence-corrected chi connectivity index (χ3v) is 3.66. The fourth-order valence-electron chi connectivity index (χ4n) is 2.48. The lowest BCUT2D eigenvalue weighted by Crippen LogP contribution is -2.31. The fourth-order valence-corrected chi connectivity index (χ4v) is 2.48. The van der Waals surface area contributed by atoms with E-state index in [4.69, 9.17) is 9.68 Å². The monoisotopic (exact) mass is 321 g/mol. The Hall–Kier alpha value is -3.33. The molecule has 0 unspecified atom stereocenters. The van der Waals surface area contributed by atoms with Gasteiger partial charge in [-0.3, -0.25) is 9.78 Å². The Kier molecular flexibility index (Phi) is 4.43. The van der Waals surface area contributed by atoms with Crippen LogP contribution >= 0.6 is 0 Å². The van der Waals surface area contributed by atoms with E-state index < -0.39 is 0 Å². The number of benzene rings is 1. The number of carbonyl (C=O) groups is 1. The maximum atomic E-state index is 12.8. The number of rotatable bonds is 5. The fraction of sp³-hybridized carbons (Fsp3) is 0.167. The van der Waals surface area contributed by atoms with E-state index >= 15 is 0 Å². The summed E-state index contributed by atoms with van der Waals surface area (Å²) >= 11 is 0. The highest BCUT2D eigenvalue weighted by Crippen LogP contribution is 2.25. The van der Waals surface area contributed by atoms with E-state index in [-0.39, 0.29) is 36.7 Å². The van der Waals surface area contributed by atoms with E-state index in [9.17, 15) is 9.90 Å². The SMILES string of the molecule is N#CCCN(Cc1ccco1)C(=O)c1cc2ncccc2cc1O. The second-order valence-corrected chi connectivity index (χ2v) is 5.28. The number of nitrogens with zero attached hydrogens (tertiary/aromatic N) is 3. The van der Waals surface area contributed by atoms with Gasteiger partial charge in [-0.15, -0.1) is 0 Å². The highest BCUT2D eigenvalue weighted by molar-refractivity contribution is 6.00. The average molecular weight is 321 g/mol. The van der Waals surface area contributed by atoms with Crippen LogP contribution in [0.4, 0.5) is 0 Å². The normalized spacial score (nSPS) is 10.5. The van der Waals surface area contributed by atoms with E-state index in [0.717, 1.165) is 5.39 Å². The van der Waals surface area contributed by atoms with Gasteiger partial charge in [0, 0.05) is 18.1 Å². The van der Waals surface area contributed by atoms with Gasteiger partial charge in [-0.1, -0.05) is 6.07 Å². The molecule has 1 N–H and O–H groups in total. The molecular formula is C18H15N3O3. The number of aromatic hydroxyl groups is 1. The number of aromatic nitrogens is 1. The standard InChI is InChI=1S/C18H15N3O3/c19-6-3-8-21(12-14-5-2-9-24-14)18(23)15-11-16-13(10-17(15)22)4-1-7-20-16/h1-2,4-5,7,9-11,22H,3,8,12H2. The lowest BCUT2D eigenvalue weighted by atomic mass is 10.1. The molecule has 2 heterocycles. The quantitative estimate of drug-likeness (QED) is 0.780. The molecule has 0 saturated heterocycles. The summed E-state index contributed by atoms with van der Waals surface area (Å²) in [4.78, 5) is 18.5. The van der Waals surface area contributed by atoms with Crippen molar-refractivity contribution in [2.75, 3.05) is 6.54 Å². The summed E-state index contributed by atoms with van der Waals surface area (Å²) in [7, 11) is 0. The molecule has 0 bridgehead atoms. The van der Waals surface area contributed by atoms with Gasteiger partial charge in [0.05, 0.1) is 36.4 Å². The largest absolute Gasteiger partial charge is 0.507 e. The lowest BCUT2D eigenvalue weighted by molar-refractivity contribution is 0.0732. The van der Waals surface area contributed by atoms with Gasteiger partial charge < -0.3 is 14.4 Å². The number of phenolic OH excluding ortho intramolecular Hbond substituents is 1. The van der Waals surface area contributed by atoms with E-state index in [1.54, 1.807) is 30.5 Å². The summed E-state index contributed by atoms with van der Waals surface area (Å²) in [6, 6.07) is 12.2. The average Bonchev–Trinajstić information content (AvgIpc) is 3.10. The number of fused-ring (bicyclic) bond motifs is 1. The van der Waals surface area contributed by atoms with Crippen molar-refractivity contribution in [3.8, 4) is 11.8 Å². The van der Waals surface area contributed by atoms with Crippen LogP contribution in [0, 0.1) is 11.3 Å². The summed E-state index contributed by atoms with van der Waals surface area (Å²) in [5.41, 5.74) is 0.780. The Labute approximate surface area is 138 Å². The number of pyridine rings is 1. The van der Waals surface area contributed by atoms with Gasteiger partial charge in [0.15, 0.2) is 0 Å². The topological polar surface area (TPSA) is 90.4 Å². The molecule has 1 amide bonds. The first-order valence-corrected chi connectivity index (χ1v) is 7.45. The Morgan fingerprint density at radius 3 is 2.96 bits per heavy atom. The van der Waals surface area contributed by atoms with Gasteiger partial charge >= 0.3 is 0 Å². The predicted molar refractivity (Wildman–Crippen MR) is 87.1 cm³/mol. The minimum Gasteiger partial charge on any atom is -0.507 e. The third-order valence-electron chi connectivity index (χ3n) is 3.66. The number of phenols is 1. The molecule has 0 radical (unpaired) electrons. The molecule has 0 aliphatic heterocycles. The highest BCUT2D eigenvalue weighted by Gasteiger charge is 2.21. The van der Waals surface area contributed by atoms with Crippen molar-refractivity contribution < 1.29 is 14.3 Å². The van der Waals surface area contributed by atoms with Gasteiger partial charge in [0.25, 0.3) is 5.91 Å². The highest BCUT2D eigenvalue weighted by atomic mass is 16.3. The Balaban J connectivity index is 1.94. The van der Waals surface area contributed by atoms with Gasteiger partial charge in [0.2, 0.25) is 0 Å². The van der Waals surface area contributed by atoms with Crippen molar-refractivity contribution in [3.63, 3.8) is 0 Å². The van der Waals surface area contributed by atoms with E-state index in [0.29, 0.717) is 11.3 Å². The van der Waals surface area contributed by atoms with Crippen LogP contribution in [0.25, 0.3) is 10.9 Å². The van der Waals surface area contributed by atoms with Gasteiger partial charge in [-0.25, -0.2) is 0 Å². The number of furan rings is 1. The van der Waals surface area contributed by atoms with Crippen molar-refractivity contribution in [3.05, 3.63) is 60.2 Å². The Morgan fingerprint density at radius 2 is 2.21 bits per heavy atom. The molecule has 120 valence electrons. The van der Waals surface area contributed by atoms with Crippen molar-refractivity contribution in [2.45, 2.75) is 13.0 Å². The smallest absolute Gasteiger partial charge is 0.258 e. The molecule has 6 nitrogen and oxygen atoms in total. The van der Waals surface area contributed by atoms with Crippen LogP contribution in [0.1, 0.15) is 22.5 Å². The van der Waals surface area contributed by atoms with Gasteiger partial charge in [0.1, 0.15) is 11.5 Å². The van der Waals surface area contributed by atoms with Crippen LogP contribution in [0.2, 0.25) is 0 Å². The molecule has 0 fully saturated rings. The molecular weight excluding hydrogens is 306 g/mol. The van der Waals surface area contributed by atoms with Crippen LogP contribution in [-0.4, -0.2) is 27.4 Å². The molecule has 24 heavy (non-hydrogen) atoms. The van der Waals surface area contributed by atoms with Crippen molar-refractivity contribution in [1.82, 2.24) is 9.88 Å². The molecule has 3 aromatic rings. The van der Waals surface area contributed by atoms with E-state index in [1.807, 2.05) is 12.1 Å². The minimum atomic E-state index is -0.369. The second-order valence-electron chi connectivity index (χ2n) is 5.28. The zero-order chi connectivity index (χ0) is 16.9. The summed E-state index contributed by atoms with van der Waals surface area (Å²) < 4.78 is 5.28. The molecule has 0 aliphatic rings.